The van der Waals surface area contributed by atoms with Gasteiger partial charge in [0.25, 0.3) is 0 Å². The number of methoxy groups -OCH3 is 1. The highest BCUT2D eigenvalue weighted by atomic mass is 16.5. The largest absolute Gasteiger partial charge is 0.384 e. The predicted molar refractivity (Wildman–Crippen MR) is 34.2 cm³/mol. The minimum absolute atomic E-state index is 0.437. The summed E-state index contributed by atoms with van der Waals surface area (Å²) in [4.78, 5) is 0. The molecule has 1 heterocycles. The average molecular weight is 126 g/mol. The zero-order valence-electron chi connectivity index (χ0n) is 5.45. The molecule has 0 aromatic heterocycles. The van der Waals surface area contributed by atoms with Crippen molar-refractivity contribution in [3.63, 3.8) is 0 Å². The topological polar surface area (TPSA) is 34.0 Å². The molecule has 0 spiro atoms. The number of hydrogen-bond donors (Lipinski definition) is 0. The van der Waals surface area contributed by atoms with Crippen molar-refractivity contribution in [2.24, 2.45) is 16.1 Å². The van der Waals surface area contributed by atoms with Crippen LogP contribution in [-0.4, -0.2) is 20.3 Å². The van der Waals surface area contributed by atoms with Crippen molar-refractivity contribution < 1.29 is 4.74 Å². The molecule has 0 N–H and O–H groups in total. The van der Waals surface area contributed by atoms with E-state index in [1.165, 1.54) is 0 Å². The van der Waals surface area contributed by atoms with Gasteiger partial charge in [0, 0.05) is 19.2 Å². The van der Waals surface area contributed by atoms with Crippen molar-refractivity contribution in [3.05, 3.63) is 12.3 Å². The SMILES string of the molecule is COCC1C=CN=NC1. The minimum atomic E-state index is 0.437. The fraction of sp³-hybridized carbons (Fsp3) is 0.667. The van der Waals surface area contributed by atoms with E-state index in [2.05, 4.69) is 10.2 Å². The van der Waals surface area contributed by atoms with E-state index < -0.39 is 0 Å². The number of nitrogens with zero attached hydrogens (tertiary/aromatic N) is 2. The summed E-state index contributed by atoms with van der Waals surface area (Å²) in [6.45, 7) is 1.51. The summed E-state index contributed by atoms with van der Waals surface area (Å²) < 4.78 is 4.93. The third-order valence-electron chi connectivity index (χ3n) is 1.20. The first-order valence-corrected chi connectivity index (χ1v) is 2.95. The van der Waals surface area contributed by atoms with E-state index in [4.69, 9.17) is 4.74 Å². The molecule has 0 aromatic carbocycles. The summed E-state index contributed by atoms with van der Waals surface area (Å²) in [7, 11) is 1.69. The van der Waals surface area contributed by atoms with Crippen molar-refractivity contribution in [1.29, 1.82) is 0 Å². The molecule has 3 nitrogen and oxygen atoms in total. The van der Waals surface area contributed by atoms with Gasteiger partial charge in [-0.2, -0.15) is 10.2 Å². The van der Waals surface area contributed by atoms with E-state index in [1.807, 2.05) is 6.08 Å². The Bertz CT molecular complexity index is 131. The molecule has 0 bridgehead atoms. The predicted octanol–water partition coefficient (Wildman–Crippen LogP) is 1.23. The third kappa shape index (κ3) is 1.93. The maximum absolute atomic E-state index is 4.93. The highest BCUT2D eigenvalue weighted by Crippen LogP contribution is 2.05. The lowest BCUT2D eigenvalue weighted by molar-refractivity contribution is 0.171. The van der Waals surface area contributed by atoms with Crippen LogP contribution in [0.25, 0.3) is 0 Å². The van der Waals surface area contributed by atoms with Gasteiger partial charge in [0.1, 0.15) is 0 Å². The van der Waals surface area contributed by atoms with Gasteiger partial charge in [0.05, 0.1) is 13.2 Å². The fourth-order valence-corrected chi connectivity index (χ4v) is 0.743. The number of azo groups is 1. The lowest BCUT2D eigenvalue weighted by atomic mass is 10.1. The first-order valence-electron chi connectivity index (χ1n) is 2.95. The Morgan fingerprint density at radius 3 is 3.22 bits per heavy atom. The molecule has 0 aromatic rings. The Balaban J connectivity index is 2.28. The van der Waals surface area contributed by atoms with E-state index in [-0.39, 0.29) is 0 Å². The van der Waals surface area contributed by atoms with Gasteiger partial charge >= 0.3 is 0 Å². The second-order valence-electron chi connectivity index (χ2n) is 2.00. The van der Waals surface area contributed by atoms with Crippen LogP contribution in [-0.2, 0) is 4.74 Å². The zero-order chi connectivity index (χ0) is 6.53. The molecule has 1 unspecified atom stereocenters. The molecule has 0 saturated heterocycles. The lowest BCUT2D eigenvalue weighted by Crippen LogP contribution is -2.09. The van der Waals surface area contributed by atoms with Gasteiger partial charge in [-0.1, -0.05) is 6.08 Å². The van der Waals surface area contributed by atoms with Crippen LogP contribution >= 0.6 is 0 Å². The molecule has 50 valence electrons. The zero-order valence-corrected chi connectivity index (χ0v) is 5.45. The molecule has 1 aliphatic rings. The number of hydrogen-bond acceptors (Lipinski definition) is 3. The van der Waals surface area contributed by atoms with Crippen molar-refractivity contribution in [2.45, 2.75) is 0 Å². The van der Waals surface area contributed by atoms with E-state index in [0.29, 0.717) is 5.92 Å². The normalized spacial score (nSPS) is 24.8. The van der Waals surface area contributed by atoms with Crippen molar-refractivity contribution in [1.82, 2.24) is 0 Å². The van der Waals surface area contributed by atoms with Crippen molar-refractivity contribution >= 4 is 0 Å². The van der Waals surface area contributed by atoms with E-state index in [9.17, 15) is 0 Å². The smallest absolute Gasteiger partial charge is 0.0688 e. The number of ether oxygens (including phenoxy) is 1. The summed E-state index contributed by atoms with van der Waals surface area (Å²) in [5, 5.41) is 7.53. The molecule has 1 aliphatic heterocycles. The van der Waals surface area contributed by atoms with Crippen molar-refractivity contribution in [2.75, 3.05) is 20.3 Å². The summed E-state index contributed by atoms with van der Waals surface area (Å²) in [5.41, 5.74) is 0. The van der Waals surface area contributed by atoms with E-state index in [0.717, 1.165) is 13.2 Å². The van der Waals surface area contributed by atoms with Gasteiger partial charge in [-0.3, -0.25) is 0 Å². The summed E-state index contributed by atoms with van der Waals surface area (Å²) >= 11 is 0. The van der Waals surface area contributed by atoms with Gasteiger partial charge in [-0.25, -0.2) is 0 Å². The summed E-state index contributed by atoms with van der Waals surface area (Å²) in [6.07, 6.45) is 3.73. The third-order valence-corrected chi connectivity index (χ3v) is 1.20. The quantitative estimate of drug-likeness (QED) is 0.547. The van der Waals surface area contributed by atoms with Crippen LogP contribution in [0.4, 0.5) is 0 Å². The molecule has 3 heteroatoms. The Hall–Kier alpha value is -0.700. The second-order valence-corrected chi connectivity index (χ2v) is 2.00. The van der Waals surface area contributed by atoms with Gasteiger partial charge in [0.15, 0.2) is 0 Å². The molecule has 0 fully saturated rings. The fourth-order valence-electron chi connectivity index (χ4n) is 0.743. The maximum Gasteiger partial charge on any atom is 0.0688 e. The Morgan fingerprint density at radius 1 is 1.78 bits per heavy atom. The second kappa shape index (κ2) is 3.35. The lowest BCUT2D eigenvalue weighted by Gasteiger charge is -2.08. The van der Waals surface area contributed by atoms with Gasteiger partial charge < -0.3 is 4.74 Å². The summed E-state index contributed by atoms with van der Waals surface area (Å²) in [6, 6.07) is 0. The molecular weight excluding hydrogens is 116 g/mol. The van der Waals surface area contributed by atoms with Crippen molar-refractivity contribution in [3.8, 4) is 0 Å². The number of rotatable bonds is 2. The molecule has 1 rings (SSSR count). The molecule has 0 aliphatic carbocycles. The van der Waals surface area contributed by atoms with Crippen LogP contribution in [0, 0.1) is 5.92 Å². The molecular formula is C6H10N2O. The van der Waals surface area contributed by atoms with Crippen LogP contribution in [0.5, 0.6) is 0 Å². The van der Waals surface area contributed by atoms with Crippen LogP contribution in [0.15, 0.2) is 22.5 Å². The molecule has 9 heavy (non-hydrogen) atoms. The van der Waals surface area contributed by atoms with Gasteiger partial charge in [0.2, 0.25) is 0 Å². The van der Waals surface area contributed by atoms with Crippen LogP contribution in [0.3, 0.4) is 0 Å². The standard InChI is InChI=1S/C6H10N2O/c1-9-5-6-2-3-7-8-4-6/h2-3,6H,4-5H2,1H3. The van der Waals surface area contributed by atoms with Crippen LogP contribution in [0.1, 0.15) is 0 Å². The molecule has 0 saturated carbocycles. The molecule has 0 amide bonds. The van der Waals surface area contributed by atoms with E-state index >= 15 is 0 Å². The van der Waals surface area contributed by atoms with Crippen LogP contribution < -0.4 is 0 Å². The van der Waals surface area contributed by atoms with E-state index in [1.54, 1.807) is 13.3 Å². The maximum atomic E-state index is 4.93. The van der Waals surface area contributed by atoms with Gasteiger partial charge in [-0.05, 0) is 0 Å². The molecule has 1 atom stereocenters. The van der Waals surface area contributed by atoms with Gasteiger partial charge in [-0.15, -0.1) is 0 Å². The monoisotopic (exact) mass is 126 g/mol. The molecule has 0 radical (unpaired) electrons. The Morgan fingerprint density at radius 2 is 2.67 bits per heavy atom. The highest BCUT2D eigenvalue weighted by Gasteiger charge is 2.04. The summed E-state index contributed by atoms with van der Waals surface area (Å²) in [5.74, 6) is 0.437. The first kappa shape index (κ1) is 6.42. The highest BCUT2D eigenvalue weighted by molar-refractivity contribution is 4.90. The minimum Gasteiger partial charge on any atom is -0.384 e. The Kier molecular flexibility index (Phi) is 2.39. The average Bonchev–Trinajstić information content (AvgIpc) is 1.91. The Labute approximate surface area is 54.4 Å². The first-order chi connectivity index (χ1) is 4.43. The van der Waals surface area contributed by atoms with Crippen LogP contribution in [0.2, 0.25) is 0 Å².